The van der Waals surface area contributed by atoms with Crippen molar-refractivity contribution < 1.29 is 14.7 Å². The van der Waals surface area contributed by atoms with Crippen LogP contribution >= 0.6 is 0 Å². The van der Waals surface area contributed by atoms with Crippen LogP contribution in [0.4, 0.5) is 11.4 Å². The van der Waals surface area contributed by atoms with E-state index in [0.29, 0.717) is 5.56 Å². The summed E-state index contributed by atoms with van der Waals surface area (Å²) in [5, 5.41) is 12.6. The van der Waals surface area contributed by atoms with E-state index in [9.17, 15) is 9.59 Å². The molecule has 4 rings (SSSR count). The molecule has 0 aromatic heterocycles. The minimum absolute atomic E-state index is 0.0951. The van der Waals surface area contributed by atoms with Gasteiger partial charge in [0.25, 0.3) is 5.91 Å². The molecule has 5 heteroatoms. The van der Waals surface area contributed by atoms with Crippen LogP contribution in [0, 0.1) is 6.92 Å². The summed E-state index contributed by atoms with van der Waals surface area (Å²) in [6.07, 6.45) is -0.433. The zero-order valence-electron chi connectivity index (χ0n) is 14.7. The molecule has 0 radical (unpaired) electrons. The molecule has 5 nitrogen and oxygen atoms in total. The van der Waals surface area contributed by atoms with E-state index in [1.807, 2.05) is 49.4 Å². The number of hydrogen-bond donors (Lipinski definition) is 2. The summed E-state index contributed by atoms with van der Waals surface area (Å²) in [6, 6.07) is 21.8. The van der Waals surface area contributed by atoms with E-state index in [0.717, 1.165) is 22.5 Å². The summed E-state index contributed by atoms with van der Waals surface area (Å²) < 4.78 is 0. The predicted molar refractivity (Wildman–Crippen MR) is 104 cm³/mol. The number of aryl methyl sites for hydroxylation is 1. The molecule has 1 aliphatic heterocycles. The third kappa shape index (κ3) is 3.04. The van der Waals surface area contributed by atoms with Crippen molar-refractivity contribution in [2.24, 2.45) is 0 Å². The number of nitrogens with zero attached hydrogens (tertiary/aromatic N) is 1. The number of hydrogen-bond acceptors (Lipinski definition) is 3. The Balaban J connectivity index is 1.83. The van der Waals surface area contributed by atoms with Crippen LogP contribution < -0.4 is 10.2 Å². The molecular formula is C22H18N2O3. The van der Waals surface area contributed by atoms with Gasteiger partial charge >= 0.3 is 5.97 Å². The Kier molecular flexibility index (Phi) is 4.12. The summed E-state index contributed by atoms with van der Waals surface area (Å²) in [5.41, 5.74) is 4.23. The minimum atomic E-state index is -0.977. The van der Waals surface area contributed by atoms with Gasteiger partial charge in [-0.2, -0.15) is 0 Å². The average Bonchev–Trinajstić information content (AvgIpc) is 2.68. The predicted octanol–water partition coefficient (Wildman–Crippen LogP) is 4.46. The molecule has 0 bridgehead atoms. The summed E-state index contributed by atoms with van der Waals surface area (Å²) >= 11 is 0. The van der Waals surface area contributed by atoms with Gasteiger partial charge in [0.2, 0.25) is 0 Å². The fraction of sp³-hybridized carbons (Fsp3) is 0.0909. The lowest BCUT2D eigenvalue weighted by Gasteiger charge is -2.38. The van der Waals surface area contributed by atoms with Gasteiger partial charge in [0.1, 0.15) is 6.17 Å². The molecule has 134 valence electrons. The van der Waals surface area contributed by atoms with E-state index in [1.54, 1.807) is 35.2 Å². The van der Waals surface area contributed by atoms with Crippen molar-refractivity contribution >= 4 is 23.3 Å². The van der Waals surface area contributed by atoms with E-state index in [4.69, 9.17) is 5.11 Å². The SMILES string of the molecule is Cc1cccc(N2C(=O)c3ccccc3N[C@H]2c2ccc(C(=O)O)cc2)c1. The van der Waals surface area contributed by atoms with Gasteiger partial charge in [-0.3, -0.25) is 9.69 Å². The molecule has 0 fully saturated rings. The highest BCUT2D eigenvalue weighted by Crippen LogP contribution is 2.36. The lowest BCUT2D eigenvalue weighted by molar-refractivity contribution is 0.0696. The van der Waals surface area contributed by atoms with Gasteiger partial charge in [-0.25, -0.2) is 4.79 Å². The van der Waals surface area contributed by atoms with Crippen molar-refractivity contribution in [3.63, 3.8) is 0 Å². The van der Waals surface area contributed by atoms with Crippen LogP contribution in [0.3, 0.4) is 0 Å². The molecule has 1 heterocycles. The normalized spacial score (nSPS) is 15.8. The van der Waals surface area contributed by atoms with Crippen LogP contribution in [-0.2, 0) is 0 Å². The van der Waals surface area contributed by atoms with Gasteiger partial charge in [-0.15, -0.1) is 0 Å². The van der Waals surface area contributed by atoms with Gasteiger partial charge in [-0.05, 0) is 54.4 Å². The van der Waals surface area contributed by atoms with E-state index >= 15 is 0 Å². The Hall–Kier alpha value is -3.60. The van der Waals surface area contributed by atoms with Crippen LogP contribution in [0.2, 0.25) is 0 Å². The van der Waals surface area contributed by atoms with E-state index in [2.05, 4.69) is 5.32 Å². The molecule has 1 atom stereocenters. The Morgan fingerprint density at radius 2 is 1.74 bits per heavy atom. The van der Waals surface area contributed by atoms with Crippen LogP contribution in [0.5, 0.6) is 0 Å². The van der Waals surface area contributed by atoms with Gasteiger partial charge < -0.3 is 10.4 Å². The van der Waals surface area contributed by atoms with E-state index < -0.39 is 12.1 Å². The van der Waals surface area contributed by atoms with Crippen molar-refractivity contribution in [3.8, 4) is 0 Å². The second-order valence-corrected chi connectivity index (χ2v) is 6.53. The number of benzene rings is 3. The Morgan fingerprint density at radius 1 is 1.00 bits per heavy atom. The molecule has 2 N–H and O–H groups in total. The Bertz CT molecular complexity index is 1030. The molecule has 1 amide bonds. The van der Waals surface area contributed by atoms with Gasteiger partial charge in [0.05, 0.1) is 11.1 Å². The van der Waals surface area contributed by atoms with Crippen molar-refractivity contribution in [3.05, 3.63) is 95.1 Å². The quantitative estimate of drug-likeness (QED) is 0.725. The highest BCUT2D eigenvalue weighted by molar-refractivity contribution is 6.12. The lowest BCUT2D eigenvalue weighted by Crippen LogP contribution is -2.43. The monoisotopic (exact) mass is 358 g/mol. The number of nitrogens with one attached hydrogen (secondary N) is 1. The molecular weight excluding hydrogens is 340 g/mol. The number of fused-ring (bicyclic) bond motifs is 1. The number of para-hydroxylation sites is 1. The zero-order chi connectivity index (χ0) is 19.0. The van der Waals surface area contributed by atoms with Crippen LogP contribution in [0.25, 0.3) is 0 Å². The Morgan fingerprint density at radius 3 is 2.44 bits per heavy atom. The Labute approximate surface area is 156 Å². The number of aromatic carboxylic acids is 1. The molecule has 0 aliphatic carbocycles. The number of carboxylic acid groups (broad SMARTS) is 1. The first kappa shape index (κ1) is 16.8. The van der Waals surface area contributed by atoms with Gasteiger partial charge in [0.15, 0.2) is 0 Å². The standard InChI is InChI=1S/C22H18N2O3/c1-14-5-4-6-17(13-14)24-20(15-9-11-16(12-10-15)22(26)27)23-19-8-3-2-7-18(19)21(24)25/h2-13,20,23H,1H3,(H,26,27)/t20-/m1/s1. The molecule has 3 aromatic rings. The summed E-state index contributed by atoms with van der Waals surface area (Å²) in [5.74, 6) is -1.07. The maximum atomic E-state index is 13.3. The molecule has 1 aliphatic rings. The third-order valence-electron chi connectivity index (χ3n) is 4.68. The molecule has 27 heavy (non-hydrogen) atoms. The van der Waals surface area contributed by atoms with Crippen LogP contribution in [-0.4, -0.2) is 17.0 Å². The highest BCUT2D eigenvalue weighted by atomic mass is 16.4. The summed E-state index contributed by atoms with van der Waals surface area (Å²) in [6.45, 7) is 1.98. The topological polar surface area (TPSA) is 69.6 Å². The van der Waals surface area contributed by atoms with E-state index in [1.165, 1.54) is 0 Å². The number of amides is 1. The molecule has 0 saturated carbocycles. The van der Waals surface area contributed by atoms with Crippen LogP contribution in [0.1, 0.15) is 38.0 Å². The third-order valence-corrected chi connectivity index (χ3v) is 4.68. The fourth-order valence-electron chi connectivity index (χ4n) is 3.34. The molecule has 0 unspecified atom stereocenters. The number of carboxylic acids is 1. The first-order chi connectivity index (χ1) is 13.0. The van der Waals surface area contributed by atoms with Crippen molar-refractivity contribution in [2.45, 2.75) is 13.1 Å². The second-order valence-electron chi connectivity index (χ2n) is 6.53. The second kappa shape index (κ2) is 6.61. The van der Waals surface area contributed by atoms with Crippen molar-refractivity contribution in [2.75, 3.05) is 10.2 Å². The molecule has 3 aromatic carbocycles. The molecule has 0 spiro atoms. The number of rotatable bonds is 3. The van der Waals surface area contributed by atoms with Gasteiger partial charge in [-0.1, -0.05) is 36.4 Å². The molecule has 0 saturated heterocycles. The van der Waals surface area contributed by atoms with Crippen LogP contribution in [0.15, 0.2) is 72.8 Å². The smallest absolute Gasteiger partial charge is 0.335 e. The minimum Gasteiger partial charge on any atom is -0.478 e. The maximum Gasteiger partial charge on any atom is 0.335 e. The zero-order valence-corrected chi connectivity index (χ0v) is 14.7. The number of anilines is 2. The first-order valence-electron chi connectivity index (χ1n) is 8.63. The van der Waals surface area contributed by atoms with E-state index in [-0.39, 0.29) is 11.5 Å². The van der Waals surface area contributed by atoms with Gasteiger partial charge in [0, 0.05) is 11.4 Å². The first-order valence-corrected chi connectivity index (χ1v) is 8.63. The average molecular weight is 358 g/mol. The summed E-state index contributed by atoms with van der Waals surface area (Å²) in [7, 11) is 0. The van der Waals surface area contributed by atoms with Crippen molar-refractivity contribution in [1.82, 2.24) is 0 Å². The number of carbonyl (C=O) groups excluding carboxylic acids is 1. The highest BCUT2D eigenvalue weighted by Gasteiger charge is 2.34. The fourth-order valence-corrected chi connectivity index (χ4v) is 3.34. The largest absolute Gasteiger partial charge is 0.478 e. The van der Waals surface area contributed by atoms with Crippen molar-refractivity contribution in [1.29, 1.82) is 0 Å². The summed E-state index contributed by atoms with van der Waals surface area (Å²) in [4.78, 5) is 26.1. The lowest BCUT2D eigenvalue weighted by atomic mass is 10.0. The number of carbonyl (C=O) groups is 2. The maximum absolute atomic E-state index is 13.3.